The van der Waals surface area contributed by atoms with Crippen LogP contribution in [0.15, 0.2) is 35.5 Å². The van der Waals surface area contributed by atoms with Crippen LogP contribution >= 0.6 is 0 Å². The summed E-state index contributed by atoms with van der Waals surface area (Å²) in [6.07, 6.45) is 4.00. The van der Waals surface area contributed by atoms with Crippen LogP contribution in [0.25, 0.3) is 5.70 Å². The number of benzene rings is 1. The first-order valence-corrected chi connectivity index (χ1v) is 11.1. The van der Waals surface area contributed by atoms with Crippen LogP contribution in [0.4, 0.5) is 4.79 Å². The number of carbonyl (C=O) groups is 1. The molecule has 1 saturated heterocycles. The van der Waals surface area contributed by atoms with Gasteiger partial charge in [-0.1, -0.05) is 13.8 Å². The number of hydrogen-bond acceptors (Lipinski definition) is 5. The topological polar surface area (TPSA) is 57.6 Å². The van der Waals surface area contributed by atoms with Crippen LogP contribution < -0.4 is 4.74 Å². The van der Waals surface area contributed by atoms with Gasteiger partial charge in [0.25, 0.3) is 0 Å². The van der Waals surface area contributed by atoms with Crippen molar-refractivity contribution < 1.29 is 14.3 Å². The third kappa shape index (κ3) is 7.08. The van der Waals surface area contributed by atoms with E-state index in [2.05, 4.69) is 30.5 Å². The molecule has 2 rings (SSSR count). The van der Waals surface area contributed by atoms with E-state index in [1.54, 1.807) is 18.1 Å². The second-order valence-corrected chi connectivity index (χ2v) is 8.50. The summed E-state index contributed by atoms with van der Waals surface area (Å²) in [4.78, 5) is 22.6. The smallest absolute Gasteiger partial charge is 0.326 e. The van der Waals surface area contributed by atoms with Gasteiger partial charge in [-0.25, -0.2) is 4.79 Å². The van der Waals surface area contributed by atoms with Gasteiger partial charge in [-0.15, -0.1) is 0 Å². The molecule has 0 atom stereocenters. The molecule has 31 heavy (non-hydrogen) atoms. The van der Waals surface area contributed by atoms with Crippen LogP contribution in [0.3, 0.4) is 0 Å². The van der Waals surface area contributed by atoms with Crippen LogP contribution in [-0.4, -0.2) is 79.6 Å². The van der Waals surface area contributed by atoms with Gasteiger partial charge in [-0.05, 0) is 70.8 Å². The number of nitrogens with zero attached hydrogens (tertiary/aromatic N) is 4. The fourth-order valence-electron chi connectivity index (χ4n) is 3.57. The highest BCUT2D eigenvalue weighted by molar-refractivity contribution is 5.79. The van der Waals surface area contributed by atoms with E-state index in [0.29, 0.717) is 25.6 Å². The Labute approximate surface area is 187 Å². The monoisotopic (exact) mass is 430 g/mol. The molecule has 7 heteroatoms. The average molecular weight is 431 g/mol. The van der Waals surface area contributed by atoms with Gasteiger partial charge in [0.05, 0.1) is 17.8 Å². The van der Waals surface area contributed by atoms with Crippen molar-refractivity contribution in [3.8, 4) is 5.75 Å². The van der Waals surface area contributed by atoms with Gasteiger partial charge in [0, 0.05) is 25.4 Å². The Bertz CT molecular complexity index is 740. The van der Waals surface area contributed by atoms with Crippen LogP contribution in [0.1, 0.15) is 46.1 Å². The first-order valence-electron chi connectivity index (χ1n) is 11.1. The van der Waals surface area contributed by atoms with E-state index in [9.17, 15) is 4.79 Å². The van der Waals surface area contributed by atoms with Gasteiger partial charge in [-0.2, -0.15) is 0 Å². The highest BCUT2D eigenvalue weighted by Gasteiger charge is 2.37. The van der Waals surface area contributed by atoms with Crippen molar-refractivity contribution >= 4 is 18.4 Å². The Kier molecular flexibility index (Phi) is 9.52. The van der Waals surface area contributed by atoms with Gasteiger partial charge in [-0.3, -0.25) is 14.8 Å². The molecule has 0 aromatic heterocycles. The van der Waals surface area contributed by atoms with Crippen molar-refractivity contribution in [2.24, 2.45) is 4.99 Å². The van der Waals surface area contributed by atoms with E-state index in [0.717, 1.165) is 43.8 Å². The zero-order chi connectivity index (χ0) is 22.9. The van der Waals surface area contributed by atoms with Gasteiger partial charge in [0.2, 0.25) is 0 Å². The maximum absolute atomic E-state index is 12.8. The third-order valence-corrected chi connectivity index (χ3v) is 5.33. The maximum Gasteiger partial charge on any atom is 0.326 e. The number of carbonyl (C=O) groups excluding carboxylic acids is 1. The van der Waals surface area contributed by atoms with Crippen LogP contribution in [-0.2, 0) is 4.74 Å². The second kappa shape index (κ2) is 11.9. The minimum absolute atomic E-state index is 0.132. The Hall–Kier alpha value is -2.38. The van der Waals surface area contributed by atoms with Gasteiger partial charge in [0.15, 0.2) is 0 Å². The molecule has 2 amide bonds. The molecule has 1 heterocycles. The summed E-state index contributed by atoms with van der Waals surface area (Å²) in [6.45, 7) is 16.7. The molecule has 7 nitrogen and oxygen atoms in total. The standard InChI is InChI=1S/C24H38N4O3/c1-7-13-27(14-8-2)15-16-31-21-11-9-20(10-12-21)22(25-5)17-26(6)23(29)28-19-30-18-24(28,3)4/h9-12,17H,5,7-8,13-16,18-19H2,1-4,6H3/b22-17-. The average Bonchev–Trinajstić information content (AvgIpc) is 3.11. The summed E-state index contributed by atoms with van der Waals surface area (Å²) >= 11 is 0. The molecular weight excluding hydrogens is 392 g/mol. The van der Waals surface area contributed by atoms with Crippen LogP contribution in [0.2, 0.25) is 0 Å². The lowest BCUT2D eigenvalue weighted by molar-refractivity contribution is 0.125. The summed E-state index contributed by atoms with van der Waals surface area (Å²) in [5.41, 5.74) is 1.17. The van der Waals surface area contributed by atoms with Gasteiger partial charge in [0.1, 0.15) is 19.1 Å². The zero-order valence-electron chi connectivity index (χ0n) is 19.8. The summed E-state index contributed by atoms with van der Waals surface area (Å²) in [5.74, 6) is 0.820. The van der Waals surface area contributed by atoms with Crippen LogP contribution in [0, 0.1) is 0 Å². The first-order chi connectivity index (χ1) is 14.8. The Morgan fingerprint density at radius 3 is 2.39 bits per heavy atom. The number of amides is 2. The lowest BCUT2D eigenvalue weighted by Gasteiger charge is -2.31. The minimum atomic E-state index is -0.330. The van der Waals surface area contributed by atoms with E-state index in [-0.39, 0.29) is 11.6 Å². The van der Waals surface area contributed by atoms with Gasteiger partial charge >= 0.3 is 6.03 Å². The highest BCUT2D eigenvalue weighted by Crippen LogP contribution is 2.24. The molecule has 0 aliphatic carbocycles. The molecule has 0 radical (unpaired) electrons. The molecule has 1 aliphatic heterocycles. The number of ether oxygens (including phenoxy) is 2. The second-order valence-electron chi connectivity index (χ2n) is 8.50. The van der Waals surface area contributed by atoms with E-state index < -0.39 is 0 Å². The molecule has 1 aromatic carbocycles. The summed E-state index contributed by atoms with van der Waals surface area (Å²) in [7, 11) is 1.72. The SMILES string of the molecule is C=N/C(=C\N(C)C(=O)N1COCC1(C)C)c1ccc(OCCN(CCC)CCC)cc1. The van der Waals surface area contributed by atoms with E-state index in [1.807, 2.05) is 38.1 Å². The van der Waals surface area contributed by atoms with Crippen molar-refractivity contribution in [3.63, 3.8) is 0 Å². The minimum Gasteiger partial charge on any atom is -0.492 e. The van der Waals surface area contributed by atoms with Crippen molar-refractivity contribution in [3.05, 3.63) is 36.0 Å². The molecule has 1 aromatic rings. The largest absolute Gasteiger partial charge is 0.492 e. The molecule has 0 saturated carbocycles. The number of hydrogen-bond donors (Lipinski definition) is 0. The Morgan fingerprint density at radius 2 is 1.87 bits per heavy atom. The lowest BCUT2D eigenvalue weighted by Crippen LogP contribution is -2.48. The maximum atomic E-state index is 12.8. The van der Waals surface area contributed by atoms with Crippen molar-refractivity contribution in [2.75, 3.05) is 46.6 Å². The van der Waals surface area contributed by atoms with Gasteiger partial charge < -0.3 is 14.4 Å². The summed E-state index contributed by atoms with van der Waals surface area (Å²) < 4.78 is 11.4. The van der Waals surface area contributed by atoms with Crippen molar-refractivity contribution in [1.29, 1.82) is 0 Å². The molecule has 0 N–H and O–H groups in total. The quantitative estimate of drug-likeness (QED) is 0.491. The zero-order valence-corrected chi connectivity index (χ0v) is 19.8. The Balaban J connectivity index is 1.97. The van der Waals surface area contributed by atoms with Crippen LogP contribution in [0.5, 0.6) is 5.75 Å². The van der Waals surface area contributed by atoms with E-state index in [4.69, 9.17) is 9.47 Å². The Morgan fingerprint density at radius 1 is 1.23 bits per heavy atom. The summed E-state index contributed by atoms with van der Waals surface area (Å²) in [6, 6.07) is 7.60. The highest BCUT2D eigenvalue weighted by atomic mass is 16.5. The molecule has 1 aliphatic rings. The lowest BCUT2D eigenvalue weighted by atomic mass is 10.1. The third-order valence-electron chi connectivity index (χ3n) is 5.33. The predicted molar refractivity (Wildman–Crippen MR) is 126 cm³/mol. The first kappa shape index (κ1) is 24.9. The van der Waals surface area contributed by atoms with Crippen molar-refractivity contribution in [2.45, 2.75) is 46.1 Å². The predicted octanol–water partition coefficient (Wildman–Crippen LogP) is 4.31. The fourth-order valence-corrected chi connectivity index (χ4v) is 3.57. The number of rotatable bonds is 11. The normalized spacial score (nSPS) is 15.9. The molecule has 0 bridgehead atoms. The molecule has 0 unspecified atom stereocenters. The number of aliphatic imine (C=N–C) groups is 1. The number of urea groups is 1. The molecular formula is C24H38N4O3. The van der Waals surface area contributed by atoms with E-state index in [1.165, 1.54) is 4.90 Å². The van der Waals surface area contributed by atoms with Crippen molar-refractivity contribution in [1.82, 2.24) is 14.7 Å². The molecule has 1 fully saturated rings. The summed E-state index contributed by atoms with van der Waals surface area (Å²) in [5, 5.41) is 0. The fraction of sp³-hybridized carbons (Fsp3) is 0.583. The molecule has 0 spiro atoms. The van der Waals surface area contributed by atoms with E-state index >= 15 is 0 Å². The molecule has 172 valence electrons.